The summed E-state index contributed by atoms with van der Waals surface area (Å²) in [6, 6.07) is 11.7. The van der Waals surface area contributed by atoms with Crippen LogP contribution in [0.25, 0.3) is 0 Å². The van der Waals surface area contributed by atoms with Gasteiger partial charge in [0.1, 0.15) is 24.0 Å². The fourth-order valence-corrected chi connectivity index (χ4v) is 4.69. The first-order chi connectivity index (χ1) is 15.9. The molecule has 1 unspecified atom stereocenters. The molecular weight excluding hydrogens is 430 g/mol. The maximum atomic E-state index is 13.9. The number of ether oxygens (including phenoxy) is 2. The van der Waals surface area contributed by atoms with Crippen molar-refractivity contribution in [3.8, 4) is 5.75 Å². The number of nitrogens with zero attached hydrogens (tertiary/aromatic N) is 1. The van der Waals surface area contributed by atoms with E-state index in [0.717, 1.165) is 37.0 Å². The molecule has 2 N–H and O–H groups in total. The highest BCUT2D eigenvalue weighted by atomic mass is 19.1. The second kappa shape index (κ2) is 10.6. The molecule has 1 saturated heterocycles. The lowest BCUT2D eigenvalue weighted by molar-refractivity contribution is -0.149. The smallest absolute Gasteiger partial charge is 0.333 e. The number of likely N-dealkylation sites (tertiary alicyclic amines) is 1. The number of halogens is 2. The fraction of sp³-hybridized carbons (Fsp3) is 0.480. The van der Waals surface area contributed by atoms with Gasteiger partial charge < -0.3 is 19.9 Å². The van der Waals surface area contributed by atoms with Gasteiger partial charge in [0.2, 0.25) is 0 Å². The molecule has 1 aliphatic carbocycles. The number of carbonyl (C=O) groups is 1. The minimum absolute atomic E-state index is 0.320. The SMILES string of the molecule is CCO[C@@H](Cc1ccc(OCCNC2[C@H]3CN(Cc4ccc(F)cc4F)C[C@@H]23)cc1)C(=O)O. The van der Waals surface area contributed by atoms with Crippen molar-refractivity contribution in [1.29, 1.82) is 0 Å². The van der Waals surface area contributed by atoms with Crippen molar-refractivity contribution in [1.82, 2.24) is 10.2 Å². The van der Waals surface area contributed by atoms with Crippen LogP contribution in [0.3, 0.4) is 0 Å². The number of benzene rings is 2. The normalized spacial score (nSPS) is 22.7. The fourth-order valence-electron chi connectivity index (χ4n) is 4.69. The molecule has 0 spiro atoms. The lowest BCUT2D eigenvalue weighted by Gasteiger charge is -2.20. The van der Waals surface area contributed by atoms with Crippen LogP contribution in [-0.4, -0.2) is 61.0 Å². The van der Waals surface area contributed by atoms with Gasteiger partial charge in [-0.1, -0.05) is 18.2 Å². The highest BCUT2D eigenvalue weighted by Gasteiger charge is 2.55. The number of aliphatic carboxylic acids is 1. The second-order valence-corrected chi connectivity index (χ2v) is 8.72. The van der Waals surface area contributed by atoms with Crippen LogP contribution in [0.15, 0.2) is 42.5 Å². The van der Waals surface area contributed by atoms with Crippen LogP contribution in [0, 0.1) is 23.5 Å². The van der Waals surface area contributed by atoms with Crippen molar-refractivity contribution < 1.29 is 28.2 Å². The molecule has 2 aliphatic rings. The summed E-state index contributed by atoms with van der Waals surface area (Å²) >= 11 is 0. The van der Waals surface area contributed by atoms with Crippen LogP contribution in [0.5, 0.6) is 5.75 Å². The van der Waals surface area contributed by atoms with E-state index in [1.807, 2.05) is 24.3 Å². The summed E-state index contributed by atoms with van der Waals surface area (Å²) in [6.07, 6.45) is -0.519. The van der Waals surface area contributed by atoms with Crippen molar-refractivity contribution in [3.63, 3.8) is 0 Å². The summed E-state index contributed by atoms with van der Waals surface area (Å²) in [7, 11) is 0. The van der Waals surface area contributed by atoms with Gasteiger partial charge in [0.05, 0.1) is 0 Å². The molecule has 4 rings (SSSR count). The van der Waals surface area contributed by atoms with E-state index in [1.165, 1.54) is 12.1 Å². The minimum atomic E-state index is -0.959. The molecule has 0 bridgehead atoms. The summed E-state index contributed by atoms with van der Waals surface area (Å²) in [6.45, 7) is 5.76. The molecule has 178 valence electrons. The molecule has 0 amide bonds. The lowest BCUT2D eigenvalue weighted by atomic mass is 10.1. The van der Waals surface area contributed by atoms with E-state index in [0.29, 0.717) is 49.6 Å². The van der Waals surface area contributed by atoms with Crippen LogP contribution >= 0.6 is 0 Å². The molecule has 6 nitrogen and oxygen atoms in total. The summed E-state index contributed by atoms with van der Waals surface area (Å²) in [5.41, 5.74) is 1.43. The van der Waals surface area contributed by atoms with Crippen LogP contribution in [-0.2, 0) is 22.5 Å². The highest BCUT2D eigenvalue weighted by molar-refractivity contribution is 5.72. The molecule has 2 aromatic rings. The summed E-state index contributed by atoms with van der Waals surface area (Å²) in [4.78, 5) is 13.4. The average molecular weight is 461 g/mol. The largest absolute Gasteiger partial charge is 0.492 e. The summed E-state index contributed by atoms with van der Waals surface area (Å²) in [5, 5.41) is 12.7. The molecule has 8 heteroatoms. The number of rotatable bonds is 12. The van der Waals surface area contributed by atoms with Gasteiger partial charge in [0, 0.05) is 56.9 Å². The Bertz CT molecular complexity index is 944. The first-order valence-electron chi connectivity index (χ1n) is 11.4. The Morgan fingerprint density at radius 3 is 2.55 bits per heavy atom. The number of nitrogens with one attached hydrogen (secondary N) is 1. The number of carboxylic acid groups (broad SMARTS) is 1. The Labute approximate surface area is 192 Å². The predicted molar refractivity (Wildman–Crippen MR) is 119 cm³/mol. The van der Waals surface area contributed by atoms with E-state index in [4.69, 9.17) is 9.47 Å². The van der Waals surface area contributed by atoms with Crippen LogP contribution in [0.1, 0.15) is 18.1 Å². The standard InChI is InChI=1S/C25H30F2N2O4/c1-2-32-23(25(30)31)11-16-3-7-19(8-4-16)33-10-9-28-24-20-14-29(15-21(20)24)13-17-5-6-18(26)12-22(17)27/h3-8,12,20-21,23-24,28H,2,9-11,13-15H2,1H3,(H,30,31)/t20-,21+,23-,24?/m0/s1. The van der Waals surface area contributed by atoms with Gasteiger partial charge in [-0.2, -0.15) is 0 Å². The first-order valence-corrected chi connectivity index (χ1v) is 11.4. The Kier molecular flexibility index (Phi) is 7.57. The third-order valence-corrected chi connectivity index (χ3v) is 6.42. The zero-order valence-electron chi connectivity index (χ0n) is 18.7. The number of fused-ring (bicyclic) bond motifs is 1. The van der Waals surface area contributed by atoms with Crippen molar-refractivity contribution in [3.05, 3.63) is 65.2 Å². The number of piperidine rings is 1. The molecule has 33 heavy (non-hydrogen) atoms. The highest BCUT2D eigenvalue weighted by Crippen LogP contribution is 2.45. The quantitative estimate of drug-likeness (QED) is 0.475. The van der Waals surface area contributed by atoms with Gasteiger partial charge in [0.25, 0.3) is 0 Å². The van der Waals surface area contributed by atoms with Gasteiger partial charge in [-0.05, 0) is 42.5 Å². The van der Waals surface area contributed by atoms with E-state index in [1.54, 1.807) is 6.92 Å². The maximum absolute atomic E-state index is 13.9. The molecule has 4 atom stereocenters. The first kappa shape index (κ1) is 23.6. The second-order valence-electron chi connectivity index (χ2n) is 8.72. The van der Waals surface area contributed by atoms with Crippen molar-refractivity contribution in [2.24, 2.45) is 11.8 Å². The molecule has 2 fully saturated rings. The van der Waals surface area contributed by atoms with E-state index >= 15 is 0 Å². The zero-order valence-corrected chi connectivity index (χ0v) is 18.7. The van der Waals surface area contributed by atoms with E-state index in [9.17, 15) is 18.7 Å². The maximum Gasteiger partial charge on any atom is 0.333 e. The third-order valence-electron chi connectivity index (χ3n) is 6.42. The Hall–Kier alpha value is -2.55. The zero-order chi connectivity index (χ0) is 23.4. The number of carboxylic acids is 1. The number of hydrogen-bond acceptors (Lipinski definition) is 5. The Morgan fingerprint density at radius 2 is 1.91 bits per heavy atom. The summed E-state index contributed by atoms with van der Waals surface area (Å²) in [5.74, 6) is -0.102. The van der Waals surface area contributed by atoms with Crippen molar-refractivity contribution >= 4 is 5.97 Å². The van der Waals surface area contributed by atoms with Crippen LogP contribution in [0.2, 0.25) is 0 Å². The Balaban J connectivity index is 1.13. The molecule has 0 aromatic heterocycles. The minimum Gasteiger partial charge on any atom is -0.492 e. The van der Waals surface area contributed by atoms with Gasteiger partial charge in [-0.15, -0.1) is 0 Å². The topological polar surface area (TPSA) is 71.0 Å². The molecule has 0 radical (unpaired) electrons. The van der Waals surface area contributed by atoms with Crippen LogP contribution < -0.4 is 10.1 Å². The monoisotopic (exact) mass is 460 g/mol. The molecule has 1 saturated carbocycles. The average Bonchev–Trinajstić information content (AvgIpc) is 3.23. The van der Waals surface area contributed by atoms with E-state index in [2.05, 4.69) is 10.2 Å². The molecular formula is C25H30F2N2O4. The lowest BCUT2D eigenvalue weighted by Crippen LogP contribution is -2.33. The molecule has 1 heterocycles. The predicted octanol–water partition coefficient (Wildman–Crippen LogP) is 3.10. The summed E-state index contributed by atoms with van der Waals surface area (Å²) < 4.78 is 38.0. The van der Waals surface area contributed by atoms with Crippen molar-refractivity contribution in [2.45, 2.75) is 32.0 Å². The number of hydrogen-bond donors (Lipinski definition) is 2. The Morgan fingerprint density at radius 1 is 1.18 bits per heavy atom. The van der Waals surface area contributed by atoms with Gasteiger partial charge in [-0.3, -0.25) is 4.90 Å². The van der Waals surface area contributed by atoms with E-state index < -0.39 is 23.7 Å². The molecule has 2 aromatic carbocycles. The van der Waals surface area contributed by atoms with Crippen LogP contribution in [0.4, 0.5) is 8.78 Å². The van der Waals surface area contributed by atoms with Gasteiger partial charge in [0.15, 0.2) is 6.10 Å². The third kappa shape index (κ3) is 6.07. The van der Waals surface area contributed by atoms with Gasteiger partial charge in [-0.25, -0.2) is 13.6 Å². The van der Waals surface area contributed by atoms with E-state index in [-0.39, 0.29) is 0 Å². The molecule has 1 aliphatic heterocycles. The van der Waals surface area contributed by atoms with Crippen molar-refractivity contribution in [2.75, 3.05) is 32.8 Å². The van der Waals surface area contributed by atoms with Gasteiger partial charge >= 0.3 is 5.97 Å².